The summed E-state index contributed by atoms with van der Waals surface area (Å²) < 4.78 is 24.6. The average Bonchev–Trinajstić information content (AvgIpc) is 3.06. The summed E-state index contributed by atoms with van der Waals surface area (Å²) in [6.07, 6.45) is 0. The number of benzene rings is 2. The van der Waals surface area contributed by atoms with Crippen molar-refractivity contribution in [3.05, 3.63) is 57.8 Å². The lowest BCUT2D eigenvalue weighted by molar-refractivity contribution is 0.173. The van der Waals surface area contributed by atoms with Crippen molar-refractivity contribution in [2.24, 2.45) is 4.99 Å². The lowest BCUT2D eigenvalue weighted by Crippen LogP contribution is -2.36. The first-order chi connectivity index (χ1) is 11.7. The van der Waals surface area contributed by atoms with Crippen LogP contribution in [0, 0.1) is 5.82 Å². The van der Waals surface area contributed by atoms with Gasteiger partial charge in [-0.1, -0.05) is 12.1 Å². The van der Waals surface area contributed by atoms with Crippen molar-refractivity contribution in [3.8, 4) is 11.5 Å². The van der Waals surface area contributed by atoms with Crippen LogP contribution in [-0.4, -0.2) is 19.8 Å². The fraction of sp³-hybridized carbons (Fsp3) is 0.235. The van der Waals surface area contributed by atoms with E-state index in [0.29, 0.717) is 19.0 Å². The second-order valence-corrected chi connectivity index (χ2v) is 6.07. The Labute approximate surface area is 148 Å². The minimum absolute atomic E-state index is 0.241. The van der Waals surface area contributed by atoms with Crippen LogP contribution in [0.3, 0.4) is 0 Å². The summed E-state index contributed by atoms with van der Waals surface area (Å²) in [5.41, 5.74) is 2.01. The topological polar surface area (TPSA) is 54.9 Å². The largest absolute Gasteiger partial charge is 0.454 e. The molecule has 0 atom stereocenters. The standard InChI is InChI=1S/C17H17BrFN3O2/c1-20-17(21-8-11-2-4-13(19)5-3-11)22-9-12-6-14(18)16-15(7-12)23-10-24-16/h2-7H,8-10H2,1H3,(H2,20,21,22). The molecular formula is C17H17BrFN3O2. The predicted octanol–water partition coefficient (Wildman–Crippen LogP) is 3.18. The molecule has 0 saturated heterocycles. The smallest absolute Gasteiger partial charge is 0.231 e. The molecule has 24 heavy (non-hydrogen) atoms. The van der Waals surface area contributed by atoms with Crippen LogP contribution in [0.4, 0.5) is 4.39 Å². The number of aliphatic imine (C=N–C) groups is 1. The third kappa shape index (κ3) is 3.97. The lowest BCUT2D eigenvalue weighted by atomic mass is 10.2. The van der Waals surface area contributed by atoms with Crippen LogP contribution in [0.1, 0.15) is 11.1 Å². The van der Waals surface area contributed by atoms with E-state index in [-0.39, 0.29) is 12.6 Å². The molecule has 0 aromatic heterocycles. The summed E-state index contributed by atoms with van der Waals surface area (Å²) in [7, 11) is 1.70. The molecule has 0 unspecified atom stereocenters. The number of ether oxygens (including phenoxy) is 2. The number of fused-ring (bicyclic) bond motifs is 1. The number of guanidine groups is 1. The van der Waals surface area contributed by atoms with Crippen molar-refractivity contribution in [3.63, 3.8) is 0 Å². The van der Waals surface area contributed by atoms with E-state index >= 15 is 0 Å². The van der Waals surface area contributed by atoms with E-state index in [2.05, 4.69) is 31.6 Å². The van der Waals surface area contributed by atoms with Gasteiger partial charge in [-0.3, -0.25) is 4.99 Å². The fourth-order valence-corrected chi connectivity index (χ4v) is 2.92. The first kappa shape index (κ1) is 16.6. The second-order valence-electron chi connectivity index (χ2n) is 5.22. The Morgan fingerprint density at radius 1 is 1.12 bits per heavy atom. The van der Waals surface area contributed by atoms with Gasteiger partial charge in [-0.2, -0.15) is 0 Å². The number of rotatable bonds is 4. The van der Waals surface area contributed by atoms with Crippen LogP contribution in [0.5, 0.6) is 11.5 Å². The first-order valence-corrected chi connectivity index (χ1v) is 8.22. The molecule has 1 heterocycles. The van der Waals surface area contributed by atoms with Crippen molar-refractivity contribution in [2.75, 3.05) is 13.8 Å². The van der Waals surface area contributed by atoms with Gasteiger partial charge in [0, 0.05) is 20.1 Å². The van der Waals surface area contributed by atoms with Gasteiger partial charge in [-0.25, -0.2) is 4.39 Å². The van der Waals surface area contributed by atoms with Crippen molar-refractivity contribution in [1.29, 1.82) is 0 Å². The molecule has 1 aliphatic heterocycles. The molecule has 0 amide bonds. The molecule has 0 saturated carbocycles. The highest BCUT2D eigenvalue weighted by Gasteiger charge is 2.17. The van der Waals surface area contributed by atoms with Gasteiger partial charge in [0.2, 0.25) is 6.79 Å². The molecule has 0 aliphatic carbocycles. The summed E-state index contributed by atoms with van der Waals surface area (Å²) in [6.45, 7) is 1.38. The van der Waals surface area contributed by atoms with E-state index in [1.54, 1.807) is 19.2 Å². The summed E-state index contributed by atoms with van der Waals surface area (Å²) >= 11 is 3.48. The van der Waals surface area contributed by atoms with Crippen LogP contribution in [0.2, 0.25) is 0 Å². The molecule has 2 N–H and O–H groups in total. The van der Waals surface area contributed by atoms with Gasteiger partial charge in [0.25, 0.3) is 0 Å². The third-order valence-corrected chi connectivity index (χ3v) is 4.13. The quantitative estimate of drug-likeness (QED) is 0.618. The Kier molecular flexibility index (Phi) is 5.20. The van der Waals surface area contributed by atoms with E-state index in [1.165, 1.54) is 12.1 Å². The Bertz CT molecular complexity index is 750. The highest BCUT2D eigenvalue weighted by atomic mass is 79.9. The van der Waals surface area contributed by atoms with Gasteiger partial charge in [0.15, 0.2) is 17.5 Å². The van der Waals surface area contributed by atoms with E-state index in [1.807, 2.05) is 12.1 Å². The van der Waals surface area contributed by atoms with Gasteiger partial charge in [-0.05, 0) is 51.3 Å². The SMILES string of the molecule is CN=C(NCc1ccc(F)cc1)NCc1cc(Br)c2c(c1)OCO2. The summed E-state index contributed by atoms with van der Waals surface area (Å²) in [5, 5.41) is 6.42. The summed E-state index contributed by atoms with van der Waals surface area (Å²) in [5.74, 6) is 1.88. The molecule has 7 heteroatoms. The van der Waals surface area contributed by atoms with Crippen molar-refractivity contribution in [2.45, 2.75) is 13.1 Å². The molecule has 0 spiro atoms. The van der Waals surface area contributed by atoms with E-state index < -0.39 is 0 Å². The number of hydrogen-bond donors (Lipinski definition) is 2. The van der Waals surface area contributed by atoms with Crippen molar-refractivity contribution >= 4 is 21.9 Å². The average molecular weight is 394 g/mol. The first-order valence-electron chi connectivity index (χ1n) is 7.42. The Balaban J connectivity index is 1.56. The molecule has 0 radical (unpaired) electrons. The van der Waals surface area contributed by atoms with Crippen LogP contribution >= 0.6 is 15.9 Å². The molecule has 2 aromatic rings. The maximum absolute atomic E-state index is 12.9. The van der Waals surface area contributed by atoms with Crippen LogP contribution in [0.15, 0.2) is 45.9 Å². The van der Waals surface area contributed by atoms with Crippen molar-refractivity contribution < 1.29 is 13.9 Å². The molecule has 5 nitrogen and oxygen atoms in total. The van der Waals surface area contributed by atoms with Crippen LogP contribution in [-0.2, 0) is 13.1 Å². The molecular weight excluding hydrogens is 377 g/mol. The Morgan fingerprint density at radius 2 is 1.83 bits per heavy atom. The monoisotopic (exact) mass is 393 g/mol. The second kappa shape index (κ2) is 7.53. The maximum Gasteiger partial charge on any atom is 0.231 e. The van der Waals surface area contributed by atoms with Gasteiger partial charge >= 0.3 is 0 Å². The molecule has 3 rings (SSSR count). The van der Waals surface area contributed by atoms with Crippen LogP contribution < -0.4 is 20.1 Å². The van der Waals surface area contributed by atoms with Gasteiger partial charge in [0.1, 0.15) is 5.82 Å². The lowest BCUT2D eigenvalue weighted by Gasteiger charge is -2.12. The van der Waals surface area contributed by atoms with Gasteiger partial charge < -0.3 is 20.1 Å². The summed E-state index contributed by atoms with van der Waals surface area (Å²) in [4.78, 5) is 4.18. The highest BCUT2D eigenvalue weighted by Crippen LogP contribution is 2.39. The highest BCUT2D eigenvalue weighted by molar-refractivity contribution is 9.10. The van der Waals surface area contributed by atoms with Crippen molar-refractivity contribution in [1.82, 2.24) is 10.6 Å². The minimum atomic E-state index is -0.241. The van der Waals surface area contributed by atoms with E-state index in [9.17, 15) is 4.39 Å². The minimum Gasteiger partial charge on any atom is -0.454 e. The molecule has 1 aliphatic rings. The third-order valence-electron chi connectivity index (χ3n) is 3.54. The van der Waals surface area contributed by atoms with Gasteiger partial charge in [-0.15, -0.1) is 0 Å². The molecule has 126 valence electrons. The molecule has 0 bridgehead atoms. The number of nitrogens with one attached hydrogen (secondary N) is 2. The van der Waals surface area contributed by atoms with Crippen LogP contribution in [0.25, 0.3) is 0 Å². The zero-order chi connectivity index (χ0) is 16.9. The van der Waals surface area contributed by atoms with E-state index in [4.69, 9.17) is 9.47 Å². The number of nitrogens with zero attached hydrogens (tertiary/aromatic N) is 1. The maximum atomic E-state index is 12.9. The zero-order valence-electron chi connectivity index (χ0n) is 13.1. The number of hydrogen-bond acceptors (Lipinski definition) is 3. The Hall–Kier alpha value is -2.28. The Morgan fingerprint density at radius 3 is 2.54 bits per heavy atom. The normalized spacial score (nSPS) is 13.0. The van der Waals surface area contributed by atoms with E-state index in [0.717, 1.165) is 27.1 Å². The zero-order valence-corrected chi connectivity index (χ0v) is 14.7. The summed E-state index contributed by atoms with van der Waals surface area (Å²) in [6, 6.07) is 10.3. The molecule has 0 fully saturated rings. The fourth-order valence-electron chi connectivity index (χ4n) is 2.32. The number of halogens is 2. The molecule has 2 aromatic carbocycles. The van der Waals surface area contributed by atoms with Gasteiger partial charge in [0.05, 0.1) is 4.47 Å². The predicted molar refractivity (Wildman–Crippen MR) is 93.7 cm³/mol.